The fourth-order valence-corrected chi connectivity index (χ4v) is 3.67. The number of likely N-dealkylation sites (tertiary alicyclic amines) is 2. The number of carbonyl (C=O) groups is 1. The summed E-state index contributed by atoms with van der Waals surface area (Å²) in [6, 6.07) is 10.3. The molecule has 1 atom stereocenters. The van der Waals surface area contributed by atoms with Crippen LogP contribution in [-0.2, 0) is 11.3 Å². The number of nitrogens with one attached hydrogen (secondary N) is 1. The molecule has 2 saturated heterocycles. The average Bonchev–Trinajstić information content (AvgIpc) is 3.07. The first kappa shape index (κ1) is 15.3. The Balaban J connectivity index is 1.53. The predicted molar refractivity (Wildman–Crippen MR) is 85.8 cm³/mol. The maximum absolute atomic E-state index is 12.5. The third-order valence-corrected chi connectivity index (χ3v) is 4.90. The first-order valence-corrected chi connectivity index (χ1v) is 8.64. The zero-order chi connectivity index (χ0) is 15.2. The summed E-state index contributed by atoms with van der Waals surface area (Å²) in [5.74, 6) is 0. The van der Waals surface area contributed by atoms with Gasteiger partial charge in [0, 0.05) is 19.4 Å². The summed E-state index contributed by atoms with van der Waals surface area (Å²) in [6.07, 6.45) is 6.00. The van der Waals surface area contributed by atoms with Crippen LogP contribution in [0, 0.1) is 0 Å². The van der Waals surface area contributed by atoms with Crippen LogP contribution in [0.5, 0.6) is 0 Å². The van der Waals surface area contributed by atoms with Crippen LogP contribution in [0.4, 0.5) is 4.79 Å². The van der Waals surface area contributed by atoms with Crippen LogP contribution in [0.2, 0.25) is 0 Å². The van der Waals surface area contributed by atoms with Crippen LogP contribution in [0.25, 0.3) is 0 Å². The monoisotopic (exact) mass is 303 g/mol. The smallest absolute Gasteiger partial charge is 0.410 e. The first-order chi connectivity index (χ1) is 10.8. The van der Waals surface area contributed by atoms with Gasteiger partial charge in [-0.1, -0.05) is 30.3 Å². The van der Waals surface area contributed by atoms with Crippen LogP contribution in [0.15, 0.2) is 30.3 Å². The van der Waals surface area contributed by atoms with Gasteiger partial charge in [0.05, 0.1) is 25.7 Å². The van der Waals surface area contributed by atoms with Gasteiger partial charge in [0.25, 0.3) is 0 Å². The van der Waals surface area contributed by atoms with Crippen molar-refractivity contribution < 1.29 is 14.4 Å². The van der Waals surface area contributed by atoms with E-state index in [0.717, 1.165) is 31.5 Å². The van der Waals surface area contributed by atoms with Gasteiger partial charge in [-0.3, -0.25) is 4.90 Å². The molecule has 0 bridgehead atoms. The van der Waals surface area contributed by atoms with E-state index in [1.54, 1.807) is 4.90 Å². The number of amides is 1. The molecule has 0 saturated carbocycles. The van der Waals surface area contributed by atoms with Gasteiger partial charge in [-0.2, -0.15) is 0 Å². The molecular formula is C18H27N2O2+. The normalized spacial score (nSPS) is 22.7. The number of nitrogens with zero attached hydrogens (tertiary/aromatic N) is 1. The molecule has 1 N–H and O–H groups in total. The van der Waals surface area contributed by atoms with E-state index in [1.165, 1.54) is 32.4 Å². The molecule has 0 aliphatic carbocycles. The summed E-state index contributed by atoms with van der Waals surface area (Å²) in [5.41, 5.74) is 1.05. The zero-order valence-electron chi connectivity index (χ0n) is 13.3. The Kier molecular flexibility index (Phi) is 5.33. The second-order valence-corrected chi connectivity index (χ2v) is 6.54. The Morgan fingerprint density at radius 2 is 1.91 bits per heavy atom. The summed E-state index contributed by atoms with van der Waals surface area (Å²) >= 11 is 0. The van der Waals surface area contributed by atoms with Crippen molar-refractivity contribution >= 4 is 6.09 Å². The Hall–Kier alpha value is -1.55. The summed E-state index contributed by atoms with van der Waals surface area (Å²) in [4.78, 5) is 16.1. The molecule has 0 aromatic heterocycles. The van der Waals surface area contributed by atoms with E-state index in [4.69, 9.17) is 4.74 Å². The van der Waals surface area contributed by atoms with E-state index in [0.29, 0.717) is 12.6 Å². The van der Waals surface area contributed by atoms with Gasteiger partial charge in [0.15, 0.2) is 0 Å². The molecule has 4 nitrogen and oxygen atoms in total. The fraction of sp³-hybridized carbons (Fsp3) is 0.611. The van der Waals surface area contributed by atoms with Gasteiger partial charge in [-0.05, 0) is 24.8 Å². The molecule has 22 heavy (non-hydrogen) atoms. The second-order valence-electron chi connectivity index (χ2n) is 6.54. The molecular weight excluding hydrogens is 276 g/mol. The van der Waals surface area contributed by atoms with Gasteiger partial charge in [-0.25, -0.2) is 4.79 Å². The van der Waals surface area contributed by atoms with Crippen LogP contribution in [-0.4, -0.2) is 43.2 Å². The second kappa shape index (κ2) is 7.63. The maximum Gasteiger partial charge on any atom is 0.410 e. The number of quaternary nitrogens is 1. The molecule has 0 radical (unpaired) electrons. The highest BCUT2D eigenvalue weighted by molar-refractivity contribution is 5.68. The number of benzene rings is 1. The number of rotatable bonds is 4. The highest BCUT2D eigenvalue weighted by Crippen LogP contribution is 2.18. The van der Waals surface area contributed by atoms with Crippen molar-refractivity contribution in [3.05, 3.63) is 35.9 Å². The first-order valence-electron chi connectivity index (χ1n) is 8.64. The zero-order valence-corrected chi connectivity index (χ0v) is 13.3. The van der Waals surface area contributed by atoms with Crippen LogP contribution in [0.3, 0.4) is 0 Å². The molecule has 0 spiro atoms. The molecule has 3 rings (SSSR count). The van der Waals surface area contributed by atoms with Crippen molar-refractivity contribution in [1.82, 2.24) is 4.90 Å². The lowest BCUT2D eigenvalue weighted by Crippen LogP contribution is -3.11. The lowest BCUT2D eigenvalue weighted by molar-refractivity contribution is -0.889. The highest BCUT2D eigenvalue weighted by atomic mass is 16.6. The number of carbonyl (C=O) groups excluding carboxylic acids is 1. The highest BCUT2D eigenvalue weighted by Gasteiger charge is 2.31. The fourth-order valence-electron chi connectivity index (χ4n) is 3.67. The summed E-state index contributed by atoms with van der Waals surface area (Å²) in [5, 5.41) is 0. The number of ether oxygens (including phenoxy) is 1. The lowest BCUT2D eigenvalue weighted by atomic mass is 10.0. The molecule has 2 fully saturated rings. The number of piperidine rings is 1. The SMILES string of the molecule is O=C(OCc1ccccc1)N1CCCC[C@H]1C[NH+]1CCCC1. The average molecular weight is 303 g/mol. The maximum atomic E-state index is 12.5. The van der Waals surface area contributed by atoms with Crippen LogP contribution in [0.1, 0.15) is 37.7 Å². The van der Waals surface area contributed by atoms with E-state index in [-0.39, 0.29) is 6.09 Å². The molecule has 0 unspecified atom stereocenters. The Morgan fingerprint density at radius 3 is 2.68 bits per heavy atom. The molecule has 1 aromatic rings. The van der Waals surface area contributed by atoms with Crippen molar-refractivity contribution in [3.8, 4) is 0 Å². The Bertz CT molecular complexity index is 471. The van der Waals surface area contributed by atoms with Gasteiger partial charge in [0.2, 0.25) is 0 Å². The van der Waals surface area contributed by atoms with Crippen LogP contribution < -0.4 is 4.90 Å². The third kappa shape index (κ3) is 4.01. The molecule has 2 heterocycles. The molecule has 2 aliphatic heterocycles. The largest absolute Gasteiger partial charge is 0.445 e. The quantitative estimate of drug-likeness (QED) is 0.921. The molecule has 2 aliphatic rings. The summed E-state index contributed by atoms with van der Waals surface area (Å²) < 4.78 is 5.54. The predicted octanol–water partition coefficient (Wildman–Crippen LogP) is 1.86. The minimum absolute atomic E-state index is 0.132. The van der Waals surface area contributed by atoms with Crippen molar-refractivity contribution in [2.75, 3.05) is 26.2 Å². The van der Waals surface area contributed by atoms with Crippen molar-refractivity contribution in [2.45, 2.75) is 44.8 Å². The minimum atomic E-state index is -0.132. The Morgan fingerprint density at radius 1 is 1.14 bits per heavy atom. The number of hydrogen-bond acceptors (Lipinski definition) is 2. The van der Waals surface area contributed by atoms with Crippen molar-refractivity contribution in [1.29, 1.82) is 0 Å². The van der Waals surface area contributed by atoms with Crippen LogP contribution >= 0.6 is 0 Å². The minimum Gasteiger partial charge on any atom is -0.445 e. The van der Waals surface area contributed by atoms with E-state index in [1.807, 2.05) is 35.2 Å². The molecule has 120 valence electrons. The van der Waals surface area contributed by atoms with E-state index < -0.39 is 0 Å². The summed E-state index contributed by atoms with van der Waals surface area (Å²) in [6.45, 7) is 4.86. The third-order valence-electron chi connectivity index (χ3n) is 4.90. The standard InChI is InChI=1S/C18H26N2O2/c21-18(22-15-16-8-2-1-3-9-16)20-13-5-4-10-17(20)14-19-11-6-7-12-19/h1-3,8-9,17H,4-7,10-15H2/p+1/t17-/m0/s1. The summed E-state index contributed by atoms with van der Waals surface area (Å²) in [7, 11) is 0. The van der Waals surface area contributed by atoms with Crippen molar-refractivity contribution in [2.24, 2.45) is 0 Å². The lowest BCUT2D eigenvalue weighted by Gasteiger charge is -2.35. The van der Waals surface area contributed by atoms with Crippen molar-refractivity contribution in [3.63, 3.8) is 0 Å². The molecule has 1 amide bonds. The van der Waals surface area contributed by atoms with E-state index in [2.05, 4.69) is 0 Å². The van der Waals surface area contributed by atoms with Gasteiger partial charge in [-0.15, -0.1) is 0 Å². The van der Waals surface area contributed by atoms with E-state index >= 15 is 0 Å². The number of hydrogen-bond donors (Lipinski definition) is 1. The van der Waals surface area contributed by atoms with E-state index in [9.17, 15) is 4.79 Å². The van der Waals surface area contributed by atoms with Gasteiger partial charge >= 0.3 is 6.09 Å². The molecule has 1 aromatic carbocycles. The Labute approximate surface area is 133 Å². The van der Waals surface area contributed by atoms with Gasteiger partial charge in [0.1, 0.15) is 6.61 Å². The van der Waals surface area contributed by atoms with Gasteiger partial charge < -0.3 is 9.64 Å². The topological polar surface area (TPSA) is 34.0 Å². The molecule has 4 heteroatoms.